The molecule has 4 nitrogen and oxygen atoms in total. The number of anilines is 1. The topological polar surface area (TPSA) is 32.8 Å². The summed E-state index contributed by atoms with van der Waals surface area (Å²) >= 11 is 5.95. The summed E-state index contributed by atoms with van der Waals surface area (Å²) in [5.74, 6) is 0.914. The highest BCUT2D eigenvalue weighted by Gasteiger charge is 2.25. The van der Waals surface area contributed by atoms with Crippen LogP contribution in [0, 0.1) is 0 Å². The zero-order valence-electron chi connectivity index (χ0n) is 13.8. The Bertz CT molecular complexity index is 809. The molecule has 0 saturated carbocycles. The van der Waals surface area contributed by atoms with Gasteiger partial charge in [-0.2, -0.15) is 0 Å². The van der Waals surface area contributed by atoms with Crippen molar-refractivity contribution in [1.82, 2.24) is 4.90 Å². The fourth-order valence-corrected chi connectivity index (χ4v) is 3.39. The number of amides is 1. The summed E-state index contributed by atoms with van der Waals surface area (Å²) in [5.41, 5.74) is 2.83. The van der Waals surface area contributed by atoms with Gasteiger partial charge in [-0.05, 0) is 36.4 Å². The fraction of sp³-hybridized carbons (Fsp3) is 0.250. The molecule has 0 aromatic heterocycles. The summed E-state index contributed by atoms with van der Waals surface area (Å²) in [5, 5.41) is 0.738. The van der Waals surface area contributed by atoms with Gasteiger partial charge >= 0.3 is 0 Å². The first-order valence-corrected chi connectivity index (χ1v) is 8.81. The van der Waals surface area contributed by atoms with E-state index in [1.54, 1.807) is 0 Å². The van der Waals surface area contributed by atoms with E-state index in [0.29, 0.717) is 19.7 Å². The summed E-state index contributed by atoms with van der Waals surface area (Å²) in [6.07, 6.45) is 1.95. The van der Waals surface area contributed by atoms with Crippen LogP contribution in [0.2, 0.25) is 5.02 Å². The Balaban J connectivity index is 1.42. The molecule has 2 heterocycles. The highest BCUT2D eigenvalue weighted by atomic mass is 35.5. The normalized spacial score (nSPS) is 16.8. The Hall–Kier alpha value is -2.46. The molecule has 128 valence electrons. The van der Waals surface area contributed by atoms with Crippen LogP contribution in [0.5, 0.6) is 5.75 Å². The van der Waals surface area contributed by atoms with E-state index in [1.807, 2.05) is 59.5 Å². The number of rotatable bonds is 2. The van der Waals surface area contributed by atoms with E-state index >= 15 is 0 Å². The monoisotopic (exact) mass is 354 g/mol. The van der Waals surface area contributed by atoms with Crippen molar-refractivity contribution >= 4 is 29.3 Å². The molecular formula is C20H19ClN2O2. The minimum atomic E-state index is 0.0743. The van der Waals surface area contributed by atoms with Gasteiger partial charge < -0.3 is 14.5 Å². The lowest BCUT2D eigenvalue weighted by atomic mass is 10.1. The number of ether oxygens (including phenoxy) is 1. The van der Waals surface area contributed by atoms with Crippen molar-refractivity contribution in [3.63, 3.8) is 0 Å². The molecule has 4 rings (SSSR count). The summed E-state index contributed by atoms with van der Waals surface area (Å²) in [6.45, 7) is 3.39. The maximum absolute atomic E-state index is 12.8. The standard InChI is InChI=1S/C20H19ClN2O2/c21-17-5-7-18(8-6-17)22-9-11-23(12-10-22)20(24)16-13-15-3-1-2-4-19(15)25-14-16/h1-8,13H,9-12,14H2. The van der Waals surface area contributed by atoms with Gasteiger partial charge in [-0.25, -0.2) is 0 Å². The van der Waals surface area contributed by atoms with Gasteiger partial charge in [0.2, 0.25) is 0 Å². The molecule has 1 saturated heterocycles. The third kappa shape index (κ3) is 3.35. The van der Waals surface area contributed by atoms with E-state index in [2.05, 4.69) is 4.90 Å². The van der Waals surface area contributed by atoms with Crippen molar-refractivity contribution in [2.24, 2.45) is 0 Å². The third-order valence-electron chi connectivity index (χ3n) is 4.67. The van der Waals surface area contributed by atoms with Gasteiger partial charge in [0.15, 0.2) is 0 Å². The zero-order valence-corrected chi connectivity index (χ0v) is 14.6. The lowest BCUT2D eigenvalue weighted by Gasteiger charge is -2.36. The van der Waals surface area contributed by atoms with E-state index in [-0.39, 0.29) is 5.91 Å². The van der Waals surface area contributed by atoms with Crippen LogP contribution in [-0.2, 0) is 4.79 Å². The highest BCUT2D eigenvalue weighted by Crippen LogP contribution is 2.27. The molecule has 1 amide bonds. The molecule has 0 N–H and O–H groups in total. The molecule has 0 atom stereocenters. The summed E-state index contributed by atoms with van der Waals surface area (Å²) in [4.78, 5) is 17.0. The van der Waals surface area contributed by atoms with Gasteiger partial charge in [0.25, 0.3) is 5.91 Å². The molecule has 2 aliphatic heterocycles. The molecule has 25 heavy (non-hydrogen) atoms. The van der Waals surface area contributed by atoms with Crippen LogP contribution < -0.4 is 9.64 Å². The van der Waals surface area contributed by atoms with Crippen LogP contribution in [-0.4, -0.2) is 43.6 Å². The molecule has 0 radical (unpaired) electrons. The number of benzene rings is 2. The maximum atomic E-state index is 12.8. The van der Waals surface area contributed by atoms with Crippen molar-refractivity contribution < 1.29 is 9.53 Å². The average Bonchev–Trinajstić information content (AvgIpc) is 2.68. The number of hydrogen-bond donors (Lipinski definition) is 0. The Morgan fingerprint density at radius 1 is 0.960 bits per heavy atom. The first-order valence-electron chi connectivity index (χ1n) is 8.43. The van der Waals surface area contributed by atoms with Gasteiger partial charge in [0.05, 0.1) is 5.57 Å². The Morgan fingerprint density at radius 2 is 1.68 bits per heavy atom. The minimum absolute atomic E-state index is 0.0743. The van der Waals surface area contributed by atoms with Gasteiger partial charge in [-0.3, -0.25) is 4.79 Å². The molecule has 2 aromatic carbocycles. The van der Waals surface area contributed by atoms with Crippen molar-refractivity contribution in [3.8, 4) is 5.75 Å². The van der Waals surface area contributed by atoms with Crippen molar-refractivity contribution in [1.29, 1.82) is 0 Å². The second-order valence-electron chi connectivity index (χ2n) is 6.25. The highest BCUT2D eigenvalue weighted by molar-refractivity contribution is 6.30. The SMILES string of the molecule is O=C(C1=Cc2ccccc2OC1)N1CCN(c2ccc(Cl)cc2)CC1. The van der Waals surface area contributed by atoms with Crippen LogP contribution >= 0.6 is 11.6 Å². The predicted octanol–water partition coefficient (Wildman–Crippen LogP) is 3.46. The van der Waals surface area contributed by atoms with E-state index in [4.69, 9.17) is 16.3 Å². The first kappa shape index (κ1) is 16.0. The number of fused-ring (bicyclic) bond motifs is 1. The average molecular weight is 355 g/mol. The number of hydrogen-bond acceptors (Lipinski definition) is 3. The maximum Gasteiger partial charge on any atom is 0.253 e. The lowest BCUT2D eigenvalue weighted by molar-refractivity contribution is -0.127. The molecular weight excluding hydrogens is 336 g/mol. The second kappa shape index (κ2) is 6.81. The largest absolute Gasteiger partial charge is 0.488 e. The van der Waals surface area contributed by atoms with E-state index in [0.717, 1.165) is 40.7 Å². The second-order valence-corrected chi connectivity index (χ2v) is 6.69. The predicted molar refractivity (Wildman–Crippen MR) is 100 cm³/mol. The van der Waals surface area contributed by atoms with Gasteiger partial charge in [0.1, 0.15) is 12.4 Å². The summed E-state index contributed by atoms with van der Waals surface area (Å²) in [6, 6.07) is 15.6. The van der Waals surface area contributed by atoms with Crippen molar-refractivity contribution in [2.45, 2.75) is 0 Å². The van der Waals surface area contributed by atoms with Gasteiger partial charge in [-0.15, -0.1) is 0 Å². The van der Waals surface area contributed by atoms with Crippen molar-refractivity contribution in [2.75, 3.05) is 37.7 Å². The van der Waals surface area contributed by atoms with Crippen LogP contribution in [0.15, 0.2) is 54.1 Å². The molecule has 0 aliphatic carbocycles. The van der Waals surface area contributed by atoms with Crippen LogP contribution in [0.25, 0.3) is 6.08 Å². The van der Waals surface area contributed by atoms with Gasteiger partial charge in [0, 0.05) is 42.5 Å². The third-order valence-corrected chi connectivity index (χ3v) is 4.92. The minimum Gasteiger partial charge on any atom is -0.488 e. The molecule has 2 aliphatic rings. The van der Waals surface area contributed by atoms with Crippen LogP contribution in [0.4, 0.5) is 5.69 Å². The summed E-state index contributed by atoms with van der Waals surface area (Å²) < 4.78 is 5.71. The quantitative estimate of drug-likeness (QED) is 0.828. The number of carbonyl (C=O) groups excluding carboxylic acids is 1. The lowest BCUT2D eigenvalue weighted by Crippen LogP contribution is -2.49. The van der Waals surface area contributed by atoms with Crippen LogP contribution in [0.1, 0.15) is 5.56 Å². The molecule has 0 bridgehead atoms. The van der Waals surface area contributed by atoms with E-state index in [9.17, 15) is 4.79 Å². The Morgan fingerprint density at radius 3 is 2.44 bits per heavy atom. The van der Waals surface area contributed by atoms with Crippen LogP contribution in [0.3, 0.4) is 0 Å². The summed E-state index contributed by atoms with van der Waals surface area (Å²) in [7, 11) is 0. The number of carbonyl (C=O) groups is 1. The van der Waals surface area contributed by atoms with E-state index < -0.39 is 0 Å². The Kier molecular flexibility index (Phi) is 4.36. The fourth-order valence-electron chi connectivity index (χ4n) is 3.26. The Labute approximate surface area is 152 Å². The number of halogens is 1. The number of para-hydroxylation sites is 1. The zero-order chi connectivity index (χ0) is 17.2. The van der Waals surface area contributed by atoms with Gasteiger partial charge in [-0.1, -0.05) is 29.8 Å². The molecule has 0 unspecified atom stereocenters. The molecule has 1 fully saturated rings. The molecule has 2 aromatic rings. The molecule has 5 heteroatoms. The van der Waals surface area contributed by atoms with Crippen molar-refractivity contribution in [3.05, 3.63) is 64.7 Å². The van der Waals surface area contributed by atoms with E-state index in [1.165, 1.54) is 0 Å². The number of nitrogens with zero attached hydrogens (tertiary/aromatic N) is 2. The number of piperazine rings is 1. The molecule has 0 spiro atoms. The smallest absolute Gasteiger partial charge is 0.253 e. The first-order chi connectivity index (χ1) is 12.2.